The van der Waals surface area contributed by atoms with Crippen molar-refractivity contribution in [1.82, 2.24) is 9.97 Å². The predicted octanol–water partition coefficient (Wildman–Crippen LogP) is 1.48. The number of nitrogens with one attached hydrogen (secondary N) is 1. The van der Waals surface area contributed by atoms with Crippen LogP contribution in [0.4, 0.5) is 0 Å². The third kappa shape index (κ3) is 3.56. The van der Waals surface area contributed by atoms with Crippen LogP contribution in [0, 0.1) is 9.49 Å². The van der Waals surface area contributed by atoms with Crippen molar-refractivity contribution in [3.8, 4) is 0 Å². The molecule has 1 aliphatic rings. The number of H-pyrrole nitrogens is 1. The van der Waals surface area contributed by atoms with Crippen LogP contribution in [0.15, 0.2) is 4.79 Å². The molecule has 0 spiro atoms. The lowest BCUT2D eigenvalue weighted by Crippen LogP contribution is -2.21. The molecule has 0 saturated carbocycles. The molecular formula is C12H17IN2O3S. The molecule has 1 fully saturated rings. The van der Waals surface area contributed by atoms with E-state index in [-0.39, 0.29) is 23.0 Å². The highest BCUT2D eigenvalue weighted by molar-refractivity contribution is 14.1. The molecule has 0 radical (unpaired) electrons. The van der Waals surface area contributed by atoms with Crippen LogP contribution in [-0.2, 0) is 16.3 Å². The first-order valence-corrected chi connectivity index (χ1v) is 9.17. The molecule has 7 heteroatoms. The summed E-state index contributed by atoms with van der Waals surface area (Å²) < 4.78 is 23.6. The van der Waals surface area contributed by atoms with Crippen LogP contribution in [0.3, 0.4) is 0 Å². The van der Waals surface area contributed by atoms with Crippen molar-refractivity contribution < 1.29 is 8.42 Å². The summed E-state index contributed by atoms with van der Waals surface area (Å²) >= 11 is 2.00. The molecule has 1 atom stereocenters. The van der Waals surface area contributed by atoms with Gasteiger partial charge in [0, 0.05) is 5.92 Å². The summed E-state index contributed by atoms with van der Waals surface area (Å²) in [4.78, 5) is 19.1. The Morgan fingerprint density at radius 2 is 2.16 bits per heavy atom. The smallest absolute Gasteiger partial charge is 0.264 e. The molecule has 106 valence electrons. The molecule has 1 unspecified atom stereocenters. The number of halogens is 1. The second kappa shape index (κ2) is 5.51. The summed E-state index contributed by atoms with van der Waals surface area (Å²) in [5.41, 5.74) is 0.615. The first-order valence-electron chi connectivity index (χ1n) is 6.27. The Morgan fingerprint density at radius 1 is 1.47 bits per heavy atom. The van der Waals surface area contributed by atoms with E-state index in [1.165, 1.54) is 0 Å². The first-order chi connectivity index (χ1) is 8.78. The average molecular weight is 396 g/mol. The number of sulfone groups is 1. The highest BCUT2D eigenvalue weighted by Gasteiger charge is 2.31. The van der Waals surface area contributed by atoms with Gasteiger partial charge in [0.2, 0.25) is 0 Å². The number of hydrogen-bond donors (Lipinski definition) is 1. The first kappa shape index (κ1) is 15.0. The number of aromatic nitrogens is 2. The fourth-order valence-electron chi connectivity index (χ4n) is 2.25. The third-order valence-corrected chi connectivity index (χ3v) is 6.05. The second-order valence-electron chi connectivity index (χ2n) is 5.41. The maximum atomic E-state index is 11.9. The van der Waals surface area contributed by atoms with Crippen LogP contribution in [-0.4, -0.2) is 29.9 Å². The Kier molecular flexibility index (Phi) is 4.34. The van der Waals surface area contributed by atoms with Gasteiger partial charge in [-0.15, -0.1) is 0 Å². The summed E-state index contributed by atoms with van der Waals surface area (Å²) in [7, 11) is -2.97. The van der Waals surface area contributed by atoms with Gasteiger partial charge in [-0.25, -0.2) is 13.4 Å². The summed E-state index contributed by atoms with van der Waals surface area (Å²) in [5, 5.41) is 0. The fourth-order valence-corrected chi connectivity index (χ4v) is 4.47. The molecule has 2 rings (SSSR count). The minimum Gasteiger partial charge on any atom is -0.309 e. The van der Waals surface area contributed by atoms with Crippen LogP contribution in [0.5, 0.6) is 0 Å². The fraction of sp³-hybridized carbons (Fsp3) is 0.667. The zero-order chi connectivity index (χ0) is 14.2. The number of hydrogen-bond acceptors (Lipinski definition) is 4. The molecule has 0 bridgehead atoms. The number of rotatable bonds is 3. The van der Waals surface area contributed by atoms with Crippen molar-refractivity contribution in [3.05, 3.63) is 25.4 Å². The summed E-state index contributed by atoms with van der Waals surface area (Å²) in [6, 6.07) is 0. The molecule has 0 aromatic carbocycles. The molecule has 2 heterocycles. The van der Waals surface area contributed by atoms with Crippen LogP contribution in [0.25, 0.3) is 0 Å². The minimum absolute atomic E-state index is 0.0949. The van der Waals surface area contributed by atoms with Gasteiger partial charge in [-0.1, -0.05) is 13.8 Å². The Bertz CT molecular complexity index is 637. The second-order valence-corrected chi connectivity index (χ2v) is 8.72. The molecule has 19 heavy (non-hydrogen) atoms. The van der Waals surface area contributed by atoms with Gasteiger partial charge in [0.05, 0.1) is 20.8 Å². The molecule has 1 N–H and O–H groups in total. The monoisotopic (exact) mass is 396 g/mol. The van der Waals surface area contributed by atoms with Crippen molar-refractivity contribution in [2.45, 2.75) is 32.6 Å². The van der Waals surface area contributed by atoms with Crippen LogP contribution < -0.4 is 5.56 Å². The van der Waals surface area contributed by atoms with Gasteiger partial charge in [-0.3, -0.25) is 4.79 Å². The highest BCUT2D eigenvalue weighted by Crippen LogP contribution is 2.26. The Labute approximate surface area is 126 Å². The van der Waals surface area contributed by atoms with E-state index in [4.69, 9.17) is 0 Å². The van der Waals surface area contributed by atoms with Gasteiger partial charge >= 0.3 is 0 Å². The van der Waals surface area contributed by atoms with Gasteiger partial charge in [0.1, 0.15) is 5.82 Å². The zero-order valence-electron chi connectivity index (χ0n) is 10.9. The molecule has 1 aliphatic heterocycles. The third-order valence-electron chi connectivity index (χ3n) is 3.17. The largest absolute Gasteiger partial charge is 0.309 e. The molecular weight excluding hydrogens is 379 g/mol. The summed E-state index contributed by atoms with van der Waals surface area (Å²) in [6.45, 7) is 4.14. The van der Waals surface area contributed by atoms with E-state index in [0.29, 0.717) is 21.7 Å². The normalized spacial score (nSPS) is 22.0. The lowest BCUT2D eigenvalue weighted by atomic mass is 10.1. The van der Waals surface area contributed by atoms with Crippen molar-refractivity contribution in [2.24, 2.45) is 5.92 Å². The van der Waals surface area contributed by atoms with Crippen molar-refractivity contribution in [1.29, 1.82) is 0 Å². The zero-order valence-corrected chi connectivity index (χ0v) is 13.9. The maximum absolute atomic E-state index is 11.9. The lowest BCUT2D eigenvalue weighted by Gasteiger charge is -2.11. The lowest BCUT2D eigenvalue weighted by molar-refractivity contribution is 0.599. The Balaban J connectivity index is 2.37. The van der Waals surface area contributed by atoms with Gasteiger partial charge in [-0.05, 0) is 41.4 Å². The topological polar surface area (TPSA) is 79.9 Å². The van der Waals surface area contributed by atoms with Gasteiger partial charge in [0.25, 0.3) is 5.56 Å². The van der Waals surface area contributed by atoms with Crippen molar-refractivity contribution >= 4 is 32.4 Å². The number of aromatic amines is 1. The molecule has 5 nitrogen and oxygen atoms in total. The average Bonchev–Trinajstić information content (AvgIpc) is 2.64. The van der Waals surface area contributed by atoms with E-state index in [0.717, 1.165) is 12.1 Å². The van der Waals surface area contributed by atoms with Crippen LogP contribution in [0.1, 0.15) is 37.7 Å². The molecule has 1 aromatic rings. The minimum atomic E-state index is -2.97. The van der Waals surface area contributed by atoms with Gasteiger partial charge in [0.15, 0.2) is 9.84 Å². The maximum Gasteiger partial charge on any atom is 0.264 e. The summed E-state index contributed by atoms with van der Waals surface area (Å²) in [5.74, 6) is 1.05. The number of nitrogens with zero attached hydrogens (tertiary/aromatic N) is 1. The van der Waals surface area contributed by atoms with E-state index in [1.54, 1.807) is 0 Å². The molecule has 1 aromatic heterocycles. The standard InChI is InChI=1S/C12H17IN2O3S/c1-7(2)5-9-10(13)12(16)15-11(14-9)8-3-4-19(17,18)6-8/h7-8H,3-6H2,1-2H3,(H,14,15,16). The van der Waals surface area contributed by atoms with E-state index < -0.39 is 9.84 Å². The SMILES string of the molecule is CC(C)Cc1nc(C2CCS(=O)(=O)C2)[nH]c(=O)c1I. The van der Waals surface area contributed by atoms with Crippen molar-refractivity contribution in [3.63, 3.8) is 0 Å². The van der Waals surface area contributed by atoms with E-state index in [9.17, 15) is 13.2 Å². The molecule has 0 aliphatic carbocycles. The van der Waals surface area contributed by atoms with E-state index in [2.05, 4.69) is 23.8 Å². The predicted molar refractivity (Wildman–Crippen MR) is 82.1 cm³/mol. The highest BCUT2D eigenvalue weighted by atomic mass is 127. The summed E-state index contributed by atoms with van der Waals surface area (Å²) in [6.07, 6.45) is 1.28. The Hall–Kier alpha value is -0.440. The molecule has 0 amide bonds. The quantitative estimate of drug-likeness (QED) is 0.785. The van der Waals surface area contributed by atoms with E-state index in [1.807, 2.05) is 22.6 Å². The van der Waals surface area contributed by atoms with Crippen LogP contribution in [0.2, 0.25) is 0 Å². The van der Waals surface area contributed by atoms with Crippen molar-refractivity contribution in [2.75, 3.05) is 11.5 Å². The van der Waals surface area contributed by atoms with Gasteiger partial charge in [-0.2, -0.15) is 0 Å². The van der Waals surface area contributed by atoms with Gasteiger partial charge < -0.3 is 4.98 Å². The van der Waals surface area contributed by atoms with Crippen LogP contribution >= 0.6 is 22.6 Å². The van der Waals surface area contributed by atoms with E-state index >= 15 is 0 Å². The molecule has 1 saturated heterocycles. The Morgan fingerprint density at radius 3 is 2.68 bits per heavy atom.